The number of guanidine groups is 1. The summed E-state index contributed by atoms with van der Waals surface area (Å²) in [7, 11) is 3.00. The predicted octanol–water partition coefficient (Wildman–Crippen LogP) is 3.36. The van der Waals surface area contributed by atoms with Crippen LogP contribution in [-0.2, 0) is 13.0 Å². The Bertz CT molecular complexity index is 756. The highest BCUT2D eigenvalue weighted by Crippen LogP contribution is 2.37. The molecule has 0 radical (unpaired) electrons. The van der Waals surface area contributed by atoms with Crippen molar-refractivity contribution in [2.75, 3.05) is 27.3 Å². The molecule has 2 rings (SSSR count). The van der Waals surface area contributed by atoms with Crippen LogP contribution in [-0.4, -0.2) is 38.4 Å². The Kier molecular flexibility index (Phi) is 8.07. The van der Waals surface area contributed by atoms with E-state index in [1.807, 2.05) is 31.2 Å². The van der Waals surface area contributed by atoms with Gasteiger partial charge < -0.3 is 25.2 Å². The number of methoxy groups -OCH3 is 2. The van der Waals surface area contributed by atoms with Crippen molar-refractivity contribution in [1.82, 2.24) is 10.6 Å². The van der Waals surface area contributed by atoms with E-state index in [1.54, 1.807) is 12.1 Å². The number of hydrogen-bond donors (Lipinski definition) is 3. The lowest BCUT2D eigenvalue weighted by molar-refractivity contribution is 0.339. The summed E-state index contributed by atoms with van der Waals surface area (Å²) >= 11 is 6.19. The Labute approximate surface area is 165 Å². The van der Waals surface area contributed by atoms with E-state index in [-0.39, 0.29) is 5.75 Å². The van der Waals surface area contributed by atoms with Crippen LogP contribution in [0.3, 0.4) is 0 Å². The van der Waals surface area contributed by atoms with Crippen LogP contribution in [0.4, 0.5) is 0 Å². The molecular weight excluding hydrogens is 366 g/mol. The molecule has 0 spiro atoms. The van der Waals surface area contributed by atoms with Crippen molar-refractivity contribution in [2.24, 2.45) is 4.99 Å². The van der Waals surface area contributed by atoms with Gasteiger partial charge >= 0.3 is 0 Å². The Morgan fingerprint density at radius 3 is 2.37 bits per heavy atom. The third kappa shape index (κ3) is 5.96. The largest absolute Gasteiger partial charge is 0.502 e. The number of halogens is 1. The maximum Gasteiger partial charge on any atom is 0.200 e. The first-order chi connectivity index (χ1) is 13.1. The average molecular weight is 392 g/mol. The second kappa shape index (κ2) is 10.5. The Morgan fingerprint density at radius 2 is 1.78 bits per heavy atom. The highest BCUT2D eigenvalue weighted by atomic mass is 35.5. The first-order valence-electron chi connectivity index (χ1n) is 8.78. The van der Waals surface area contributed by atoms with E-state index in [4.69, 9.17) is 21.1 Å². The molecule has 0 fully saturated rings. The number of aliphatic imine (C=N–C) groups is 1. The molecule has 2 aromatic rings. The molecular formula is C20H26ClN3O3. The maximum atomic E-state index is 10.0. The van der Waals surface area contributed by atoms with Crippen molar-refractivity contribution in [3.8, 4) is 17.2 Å². The van der Waals surface area contributed by atoms with Gasteiger partial charge in [0, 0.05) is 18.1 Å². The van der Waals surface area contributed by atoms with Crippen LogP contribution in [0.2, 0.25) is 5.02 Å². The van der Waals surface area contributed by atoms with Crippen molar-refractivity contribution < 1.29 is 14.6 Å². The van der Waals surface area contributed by atoms with Crippen molar-refractivity contribution in [3.63, 3.8) is 0 Å². The molecule has 0 aromatic heterocycles. The first-order valence-corrected chi connectivity index (χ1v) is 9.16. The molecule has 3 N–H and O–H groups in total. The average Bonchev–Trinajstić information content (AvgIpc) is 2.68. The molecule has 0 atom stereocenters. The Hall–Kier alpha value is -2.60. The van der Waals surface area contributed by atoms with Crippen molar-refractivity contribution in [1.29, 1.82) is 0 Å². The molecule has 2 aromatic carbocycles. The topological polar surface area (TPSA) is 75.1 Å². The fourth-order valence-electron chi connectivity index (χ4n) is 2.57. The Balaban J connectivity index is 2.03. The van der Waals surface area contributed by atoms with Gasteiger partial charge in [-0.05, 0) is 42.7 Å². The lowest BCUT2D eigenvalue weighted by Gasteiger charge is -2.13. The van der Waals surface area contributed by atoms with Crippen LogP contribution in [0.1, 0.15) is 18.1 Å². The van der Waals surface area contributed by atoms with Gasteiger partial charge in [0.1, 0.15) is 0 Å². The second-order valence-corrected chi connectivity index (χ2v) is 6.22. The first kappa shape index (κ1) is 20.7. The minimum Gasteiger partial charge on any atom is -0.502 e. The molecule has 0 aliphatic heterocycles. The SMILES string of the molecule is CCNC(=NCc1cc(OC)c(O)c(OC)c1)NCCc1ccccc1Cl. The minimum atomic E-state index is -0.0162. The zero-order valence-corrected chi connectivity index (χ0v) is 16.6. The zero-order valence-electron chi connectivity index (χ0n) is 15.9. The van der Waals surface area contributed by atoms with Crippen LogP contribution in [0.25, 0.3) is 0 Å². The number of rotatable bonds is 8. The molecule has 27 heavy (non-hydrogen) atoms. The van der Waals surface area contributed by atoms with E-state index in [2.05, 4.69) is 15.6 Å². The molecule has 7 heteroatoms. The predicted molar refractivity (Wildman–Crippen MR) is 109 cm³/mol. The fourth-order valence-corrected chi connectivity index (χ4v) is 2.80. The van der Waals surface area contributed by atoms with Crippen LogP contribution in [0.15, 0.2) is 41.4 Å². The van der Waals surface area contributed by atoms with Gasteiger partial charge in [-0.25, -0.2) is 4.99 Å². The highest BCUT2D eigenvalue weighted by molar-refractivity contribution is 6.31. The number of aromatic hydroxyl groups is 1. The van der Waals surface area contributed by atoms with E-state index >= 15 is 0 Å². The Morgan fingerprint density at radius 1 is 1.11 bits per heavy atom. The monoisotopic (exact) mass is 391 g/mol. The third-order valence-electron chi connectivity index (χ3n) is 3.95. The van der Waals surface area contributed by atoms with Gasteiger partial charge in [0.25, 0.3) is 0 Å². The van der Waals surface area contributed by atoms with Gasteiger partial charge in [0.05, 0.1) is 20.8 Å². The number of benzene rings is 2. The van der Waals surface area contributed by atoms with Crippen molar-refractivity contribution >= 4 is 17.6 Å². The summed E-state index contributed by atoms with van der Waals surface area (Å²) in [6.45, 7) is 3.88. The number of phenolic OH excluding ortho intramolecular Hbond substituents is 1. The fraction of sp³-hybridized carbons (Fsp3) is 0.350. The smallest absolute Gasteiger partial charge is 0.200 e. The molecule has 6 nitrogen and oxygen atoms in total. The quantitative estimate of drug-likeness (QED) is 0.475. The van der Waals surface area contributed by atoms with Gasteiger partial charge in [-0.1, -0.05) is 29.8 Å². The van der Waals surface area contributed by atoms with E-state index < -0.39 is 0 Å². The summed E-state index contributed by atoms with van der Waals surface area (Å²) in [6.07, 6.45) is 0.797. The van der Waals surface area contributed by atoms with E-state index in [0.29, 0.717) is 30.5 Å². The normalized spacial score (nSPS) is 11.2. The van der Waals surface area contributed by atoms with E-state index in [9.17, 15) is 5.11 Å². The van der Waals surface area contributed by atoms with E-state index in [1.165, 1.54) is 14.2 Å². The molecule has 0 saturated heterocycles. The molecule has 0 unspecified atom stereocenters. The molecule has 0 aliphatic carbocycles. The van der Waals surface area contributed by atoms with Gasteiger partial charge in [-0.2, -0.15) is 0 Å². The number of phenols is 1. The lowest BCUT2D eigenvalue weighted by atomic mass is 10.1. The van der Waals surface area contributed by atoms with Crippen molar-refractivity contribution in [3.05, 3.63) is 52.5 Å². The van der Waals surface area contributed by atoms with Gasteiger partial charge in [-0.15, -0.1) is 0 Å². The molecule has 146 valence electrons. The van der Waals surface area contributed by atoms with Gasteiger partial charge in [0.2, 0.25) is 5.75 Å². The summed E-state index contributed by atoms with van der Waals surface area (Å²) < 4.78 is 10.4. The van der Waals surface area contributed by atoms with Crippen LogP contribution < -0.4 is 20.1 Å². The number of hydrogen-bond acceptors (Lipinski definition) is 4. The van der Waals surface area contributed by atoms with Crippen molar-refractivity contribution in [2.45, 2.75) is 19.9 Å². The number of nitrogens with zero attached hydrogens (tertiary/aromatic N) is 1. The molecule has 0 bridgehead atoms. The summed E-state index contributed by atoms with van der Waals surface area (Å²) in [6, 6.07) is 11.3. The van der Waals surface area contributed by atoms with Crippen LogP contribution in [0, 0.1) is 0 Å². The number of nitrogens with one attached hydrogen (secondary N) is 2. The van der Waals surface area contributed by atoms with Crippen LogP contribution >= 0.6 is 11.6 Å². The zero-order chi connectivity index (χ0) is 19.6. The molecule has 0 saturated carbocycles. The highest BCUT2D eigenvalue weighted by Gasteiger charge is 2.11. The summed E-state index contributed by atoms with van der Waals surface area (Å²) in [4.78, 5) is 4.59. The van der Waals surface area contributed by atoms with Gasteiger partial charge in [-0.3, -0.25) is 0 Å². The summed E-state index contributed by atoms with van der Waals surface area (Å²) in [5, 5.41) is 17.3. The molecule has 0 amide bonds. The van der Waals surface area contributed by atoms with Crippen LogP contribution in [0.5, 0.6) is 17.2 Å². The lowest BCUT2D eigenvalue weighted by Crippen LogP contribution is -2.38. The van der Waals surface area contributed by atoms with Gasteiger partial charge in [0.15, 0.2) is 17.5 Å². The van der Waals surface area contributed by atoms with E-state index in [0.717, 1.165) is 29.1 Å². The summed E-state index contributed by atoms with van der Waals surface area (Å²) in [5.41, 5.74) is 1.96. The number of ether oxygens (including phenoxy) is 2. The maximum absolute atomic E-state index is 10.0. The standard InChI is InChI=1S/C20H26ClN3O3/c1-4-22-20(23-10-9-15-7-5-6-8-16(15)21)24-13-14-11-17(26-2)19(25)18(12-14)27-3/h5-8,11-12,25H,4,9-10,13H2,1-3H3,(H2,22,23,24). The molecule has 0 heterocycles. The third-order valence-corrected chi connectivity index (χ3v) is 4.32. The summed E-state index contributed by atoms with van der Waals surface area (Å²) in [5.74, 6) is 1.40. The second-order valence-electron chi connectivity index (χ2n) is 5.81. The molecule has 0 aliphatic rings. The minimum absolute atomic E-state index is 0.0162.